The van der Waals surface area contributed by atoms with Gasteiger partial charge in [-0.1, -0.05) is 15.9 Å². The minimum Gasteiger partial charge on any atom is -0.324 e. The summed E-state index contributed by atoms with van der Waals surface area (Å²) in [6.07, 6.45) is 0. The highest BCUT2D eigenvalue weighted by molar-refractivity contribution is 9.10. The van der Waals surface area contributed by atoms with Gasteiger partial charge in [-0.05, 0) is 50.2 Å². The number of halogens is 1. The molecular formula is C17H16BrN5O2. The summed E-state index contributed by atoms with van der Waals surface area (Å²) in [5.41, 5.74) is 2.05. The van der Waals surface area contributed by atoms with Crippen molar-refractivity contribution in [2.24, 2.45) is 0 Å². The van der Waals surface area contributed by atoms with Crippen molar-refractivity contribution in [3.63, 3.8) is 0 Å². The number of anilines is 1. The fraction of sp³-hybridized carbons (Fsp3) is 0.176. The number of aromatic nitrogens is 4. The van der Waals surface area contributed by atoms with Gasteiger partial charge >= 0.3 is 0 Å². The third kappa shape index (κ3) is 4.03. The first-order valence-electron chi connectivity index (χ1n) is 7.59. The van der Waals surface area contributed by atoms with E-state index in [0.29, 0.717) is 11.5 Å². The molecule has 2 heterocycles. The molecule has 0 aliphatic carbocycles. The van der Waals surface area contributed by atoms with Crippen LogP contribution in [0.15, 0.2) is 51.7 Å². The van der Waals surface area contributed by atoms with Gasteiger partial charge in [0.25, 0.3) is 5.56 Å². The van der Waals surface area contributed by atoms with E-state index in [1.807, 2.05) is 32.0 Å². The van der Waals surface area contributed by atoms with Gasteiger partial charge in [0.15, 0.2) is 5.82 Å². The van der Waals surface area contributed by atoms with Gasteiger partial charge < -0.3 is 5.32 Å². The fourth-order valence-electron chi connectivity index (χ4n) is 2.39. The van der Waals surface area contributed by atoms with Gasteiger partial charge in [-0.3, -0.25) is 9.59 Å². The first-order chi connectivity index (χ1) is 11.9. The van der Waals surface area contributed by atoms with Crippen molar-refractivity contribution >= 4 is 27.5 Å². The van der Waals surface area contributed by atoms with E-state index in [1.54, 1.807) is 22.9 Å². The molecule has 2 aromatic heterocycles. The summed E-state index contributed by atoms with van der Waals surface area (Å²) in [4.78, 5) is 24.2. The van der Waals surface area contributed by atoms with E-state index in [1.165, 1.54) is 6.07 Å². The number of hydrogen-bond acceptors (Lipinski definition) is 4. The molecule has 25 heavy (non-hydrogen) atoms. The lowest BCUT2D eigenvalue weighted by atomic mass is 10.3. The summed E-state index contributed by atoms with van der Waals surface area (Å²) < 4.78 is 3.68. The molecule has 3 aromatic rings. The Morgan fingerprint density at radius 1 is 1.12 bits per heavy atom. The molecule has 0 aliphatic heterocycles. The maximum atomic E-state index is 12.2. The maximum absolute atomic E-state index is 12.2. The van der Waals surface area contributed by atoms with Crippen molar-refractivity contribution in [3.05, 3.63) is 68.7 Å². The van der Waals surface area contributed by atoms with E-state index in [0.717, 1.165) is 20.5 Å². The van der Waals surface area contributed by atoms with Crippen LogP contribution in [0.2, 0.25) is 0 Å². The molecule has 0 radical (unpaired) electrons. The van der Waals surface area contributed by atoms with E-state index in [4.69, 9.17) is 0 Å². The number of carbonyl (C=O) groups excluding carboxylic acids is 1. The SMILES string of the molecule is Cc1cc(C)n(-c2ccc(=O)n(CC(=O)Nc3ccc(Br)cc3)n2)n1. The Morgan fingerprint density at radius 2 is 1.84 bits per heavy atom. The molecule has 1 aromatic carbocycles. The lowest BCUT2D eigenvalue weighted by molar-refractivity contribution is -0.117. The van der Waals surface area contributed by atoms with Crippen molar-refractivity contribution < 1.29 is 4.79 Å². The van der Waals surface area contributed by atoms with Crippen molar-refractivity contribution in [3.8, 4) is 5.82 Å². The number of carbonyl (C=O) groups is 1. The lowest BCUT2D eigenvalue weighted by Gasteiger charge is -2.09. The Morgan fingerprint density at radius 3 is 2.48 bits per heavy atom. The predicted octanol–water partition coefficient (Wildman–Crippen LogP) is 2.45. The normalized spacial score (nSPS) is 10.7. The zero-order valence-corrected chi connectivity index (χ0v) is 15.3. The summed E-state index contributed by atoms with van der Waals surface area (Å²) in [7, 11) is 0. The summed E-state index contributed by atoms with van der Waals surface area (Å²) in [5.74, 6) is 0.157. The monoisotopic (exact) mass is 401 g/mol. The minimum atomic E-state index is -0.351. The topological polar surface area (TPSA) is 81.8 Å². The molecule has 0 aliphatic rings. The summed E-state index contributed by atoms with van der Waals surface area (Å²) >= 11 is 3.34. The standard InChI is InChI=1S/C17H16BrN5O2/c1-11-9-12(2)23(20-11)15-7-8-17(25)22(21-15)10-16(24)19-14-5-3-13(18)4-6-14/h3-9H,10H2,1-2H3,(H,19,24). The molecule has 8 heteroatoms. The third-order valence-corrected chi connectivity index (χ3v) is 4.03. The smallest absolute Gasteiger partial charge is 0.267 e. The molecule has 7 nitrogen and oxygen atoms in total. The summed E-state index contributed by atoms with van der Waals surface area (Å²) in [6, 6.07) is 12.1. The minimum absolute atomic E-state index is 0.179. The van der Waals surface area contributed by atoms with Crippen LogP contribution in [0, 0.1) is 13.8 Å². The van der Waals surface area contributed by atoms with Crippen molar-refractivity contribution in [1.82, 2.24) is 19.6 Å². The van der Waals surface area contributed by atoms with E-state index < -0.39 is 0 Å². The van der Waals surface area contributed by atoms with Crippen LogP contribution in [-0.2, 0) is 11.3 Å². The highest BCUT2D eigenvalue weighted by atomic mass is 79.9. The van der Waals surface area contributed by atoms with Crippen LogP contribution in [-0.4, -0.2) is 25.5 Å². The van der Waals surface area contributed by atoms with E-state index in [2.05, 4.69) is 31.4 Å². The Labute approximate surface area is 152 Å². The van der Waals surface area contributed by atoms with Crippen LogP contribution in [0.1, 0.15) is 11.4 Å². The molecule has 0 spiro atoms. The van der Waals surface area contributed by atoms with Crippen LogP contribution in [0.4, 0.5) is 5.69 Å². The molecule has 0 saturated heterocycles. The van der Waals surface area contributed by atoms with Gasteiger partial charge in [-0.25, -0.2) is 9.36 Å². The van der Waals surface area contributed by atoms with Gasteiger partial charge in [0.1, 0.15) is 6.54 Å². The first kappa shape index (κ1) is 17.1. The average molecular weight is 402 g/mol. The van der Waals surface area contributed by atoms with E-state index in [-0.39, 0.29) is 18.0 Å². The Bertz CT molecular complexity index is 975. The zero-order valence-electron chi connectivity index (χ0n) is 13.7. The van der Waals surface area contributed by atoms with Crippen LogP contribution >= 0.6 is 15.9 Å². The number of rotatable bonds is 4. The summed E-state index contributed by atoms with van der Waals surface area (Å²) in [6.45, 7) is 3.60. The number of nitrogens with zero attached hydrogens (tertiary/aromatic N) is 4. The largest absolute Gasteiger partial charge is 0.324 e. The summed E-state index contributed by atoms with van der Waals surface area (Å²) in [5, 5.41) is 11.3. The average Bonchev–Trinajstić information content (AvgIpc) is 2.90. The molecule has 128 valence electrons. The molecular weight excluding hydrogens is 386 g/mol. The first-order valence-corrected chi connectivity index (χ1v) is 8.39. The van der Waals surface area contributed by atoms with Gasteiger partial charge in [0, 0.05) is 21.9 Å². The molecule has 3 rings (SSSR count). The van der Waals surface area contributed by atoms with Crippen LogP contribution in [0.3, 0.4) is 0 Å². The van der Waals surface area contributed by atoms with Gasteiger partial charge in [0.05, 0.1) is 5.69 Å². The van der Waals surface area contributed by atoms with Gasteiger partial charge in [-0.15, -0.1) is 5.10 Å². The van der Waals surface area contributed by atoms with Gasteiger partial charge in [-0.2, -0.15) is 5.10 Å². The molecule has 0 fully saturated rings. The molecule has 0 bridgehead atoms. The van der Waals surface area contributed by atoms with E-state index >= 15 is 0 Å². The van der Waals surface area contributed by atoms with Crippen LogP contribution in [0.25, 0.3) is 5.82 Å². The van der Waals surface area contributed by atoms with Crippen LogP contribution < -0.4 is 10.9 Å². The number of hydrogen-bond donors (Lipinski definition) is 1. The quantitative estimate of drug-likeness (QED) is 0.727. The maximum Gasteiger partial charge on any atom is 0.267 e. The number of benzene rings is 1. The highest BCUT2D eigenvalue weighted by Gasteiger charge is 2.10. The number of amides is 1. The fourth-order valence-corrected chi connectivity index (χ4v) is 2.66. The second kappa shape index (κ2) is 7.02. The zero-order chi connectivity index (χ0) is 18.0. The van der Waals surface area contributed by atoms with Crippen molar-refractivity contribution in [1.29, 1.82) is 0 Å². The number of aryl methyl sites for hydroxylation is 2. The second-order valence-electron chi connectivity index (χ2n) is 5.58. The molecule has 0 saturated carbocycles. The highest BCUT2D eigenvalue weighted by Crippen LogP contribution is 2.14. The van der Waals surface area contributed by atoms with Crippen molar-refractivity contribution in [2.75, 3.05) is 5.32 Å². The Balaban J connectivity index is 1.81. The lowest BCUT2D eigenvalue weighted by Crippen LogP contribution is -2.30. The second-order valence-corrected chi connectivity index (χ2v) is 6.50. The Hall–Kier alpha value is -2.74. The van der Waals surface area contributed by atoms with Crippen LogP contribution in [0.5, 0.6) is 0 Å². The van der Waals surface area contributed by atoms with Gasteiger partial charge in [0.2, 0.25) is 5.91 Å². The molecule has 1 amide bonds. The Kier molecular flexibility index (Phi) is 4.80. The molecule has 0 unspecified atom stereocenters. The number of nitrogens with one attached hydrogen (secondary N) is 1. The van der Waals surface area contributed by atoms with Crippen molar-refractivity contribution in [2.45, 2.75) is 20.4 Å². The van der Waals surface area contributed by atoms with E-state index in [9.17, 15) is 9.59 Å². The molecule has 0 atom stereocenters. The third-order valence-electron chi connectivity index (χ3n) is 3.50. The predicted molar refractivity (Wildman–Crippen MR) is 97.9 cm³/mol. The molecule has 1 N–H and O–H groups in total.